The molecule has 0 aliphatic heterocycles. The maximum Gasteiger partial charge on any atom is 0.320 e. The molecule has 5 rings (SSSR count). The van der Waals surface area contributed by atoms with Gasteiger partial charge in [-0.1, -0.05) is 64.8 Å². The van der Waals surface area contributed by atoms with Crippen LogP contribution in [-0.4, -0.2) is 16.2 Å². The summed E-state index contributed by atoms with van der Waals surface area (Å²) < 4.78 is 6.46. The van der Waals surface area contributed by atoms with E-state index in [1.807, 2.05) is 43.3 Å². The van der Waals surface area contributed by atoms with Crippen LogP contribution in [0.3, 0.4) is 0 Å². The minimum atomic E-state index is -0.488. The summed E-state index contributed by atoms with van der Waals surface area (Å²) in [5.74, 6) is -0.371. The largest absolute Gasteiger partial charge is 0.857 e. The highest BCUT2D eigenvalue weighted by atomic mass is 32.1. The smallest absolute Gasteiger partial charge is 0.320 e. The Morgan fingerprint density at radius 1 is 1.09 bits per heavy atom. The lowest BCUT2D eigenvalue weighted by Gasteiger charge is -2.10. The Morgan fingerprint density at radius 2 is 1.84 bits per heavy atom. The molecule has 5 aromatic rings. The molecule has 0 amide bonds. The van der Waals surface area contributed by atoms with E-state index in [4.69, 9.17) is 15.2 Å². The average Bonchev–Trinajstić information content (AvgIpc) is 3.37. The van der Waals surface area contributed by atoms with Crippen molar-refractivity contribution in [3.05, 3.63) is 77.3 Å². The van der Waals surface area contributed by atoms with Gasteiger partial charge in [-0.15, -0.1) is 11.3 Å². The van der Waals surface area contributed by atoms with Crippen LogP contribution in [0.2, 0.25) is 0 Å². The monoisotopic (exact) mass is 441 g/mol. The number of hydrogen-bond acceptors (Lipinski definition) is 7. The average molecular weight is 442 g/mol. The first-order chi connectivity index (χ1) is 15.5. The van der Waals surface area contributed by atoms with E-state index in [-0.39, 0.29) is 5.88 Å². The molecule has 2 N–H and O–H groups in total. The van der Waals surface area contributed by atoms with Gasteiger partial charge in [0.25, 0.3) is 6.20 Å². The van der Waals surface area contributed by atoms with E-state index in [0.29, 0.717) is 15.4 Å². The summed E-state index contributed by atoms with van der Waals surface area (Å²) in [4.78, 5) is 9.85. The molecule has 0 atom stereocenters. The SMILES string of the molecule is Cc1ccc(-c2cc(-c3ccccc3)nc3sc(/C([O-])=N/c4c[n+](C)no4)c(N)c23)cc1. The lowest BCUT2D eigenvalue weighted by atomic mass is 9.99. The number of anilines is 1. The minimum absolute atomic E-state index is 0.117. The predicted octanol–water partition coefficient (Wildman–Crippen LogP) is 3.77. The van der Waals surface area contributed by atoms with Gasteiger partial charge < -0.3 is 10.8 Å². The molecule has 8 heteroatoms. The van der Waals surface area contributed by atoms with Crippen molar-refractivity contribution in [3.8, 4) is 22.4 Å². The Labute approximate surface area is 188 Å². The molecule has 0 spiro atoms. The van der Waals surface area contributed by atoms with Crippen LogP contribution >= 0.6 is 11.3 Å². The van der Waals surface area contributed by atoms with E-state index in [0.717, 1.165) is 33.3 Å². The van der Waals surface area contributed by atoms with E-state index in [1.54, 1.807) is 7.05 Å². The van der Waals surface area contributed by atoms with E-state index in [9.17, 15) is 5.11 Å². The summed E-state index contributed by atoms with van der Waals surface area (Å²) in [5.41, 5.74) is 11.7. The van der Waals surface area contributed by atoms with Gasteiger partial charge in [-0.05, 0) is 24.1 Å². The van der Waals surface area contributed by atoms with Crippen LogP contribution in [0.15, 0.2) is 76.4 Å². The molecular formula is C24H19N5O2S. The summed E-state index contributed by atoms with van der Waals surface area (Å²) in [5, 5.41) is 17.3. The third kappa shape index (κ3) is 3.61. The molecule has 0 aliphatic carbocycles. The highest BCUT2D eigenvalue weighted by Gasteiger charge is 2.18. The number of hydrogen-bond donors (Lipinski definition) is 1. The van der Waals surface area contributed by atoms with Crippen molar-refractivity contribution < 1.29 is 14.3 Å². The molecule has 2 aromatic carbocycles. The van der Waals surface area contributed by atoms with Crippen LogP contribution in [0.25, 0.3) is 32.6 Å². The zero-order chi connectivity index (χ0) is 22.2. The van der Waals surface area contributed by atoms with Crippen LogP contribution in [0.4, 0.5) is 11.6 Å². The summed E-state index contributed by atoms with van der Waals surface area (Å²) in [6, 6.07) is 20.2. The number of aromatic nitrogens is 3. The van der Waals surface area contributed by atoms with E-state index in [2.05, 4.69) is 34.5 Å². The van der Waals surface area contributed by atoms with Crippen molar-refractivity contribution in [3.63, 3.8) is 0 Å². The fourth-order valence-corrected chi connectivity index (χ4v) is 4.52. The number of aryl methyl sites for hydroxylation is 2. The molecule has 7 nitrogen and oxygen atoms in total. The molecule has 0 fully saturated rings. The molecule has 3 aromatic heterocycles. The molecule has 32 heavy (non-hydrogen) atoms. The minimum Gasteiger partial charge on any atom is -0.857 e. The summed E-state index contributed by atoms with van der Waals surface area (Å²) >= 11 is 1.23. The second-order valence-electron chi connectivity index (χ2n) is 7.44. The predicted molar refractivity (Wildman–Crippen MR) is 124 cm³/mol. The van der Waals surface area contributed by atoms with E-state index < -0.39 is 5.90 Å². The third-order valence-electron chi connectivity index (χ3n) is 5.10. The van der Waals surface area contributed by atoms with Crippen LogP contribution in [-0.2, 0) is 7.05 Å². The third-order valence-corrected chi connectivity index (χ3v) is 6.18. The first kappa shape index (κ1) is 19.9. The quantitative estimate of drug-likeness (QED) is 0.260. The fraction of sp³-hybridized carbons (Fsp3) is 0.0833. The van der Waals surface area contributed by atoms with Crippen molar-refractivity contribution in [1.82, 2.24) is 10.3 Å². The van der Waals surface area contributed by atoms with E-state index >= 15 is 0 Å². The molecule has 0 saturated heterocycles. The van der Waals surface area contributed by atoms with Crippen LogP contribution < -0.4 is 15.5 Å². The maximum absolute atomic E-state index is 12.9. The Morgan fingerprint density at radius 3 is 2.53 bits per heavy atom. The van der Waals surface area contributed by atoms with Crippen LogP contribution in [0.5, 0.6) is 0 Å². The first-order valence-corrected chi connectivity index (χ1v) is 10.8. The Bertz CT molecular complexity index is 1450. The van der Waals surface area contributed by atoms with Crippen molar-refractivity contribution >= 4 is 39.0 Å². The molecule has 0 unspecified atom stereocenters. The van der Waals surface area contributed by atoms with Gasteiger partial charge in [0.05, 0.1) is 16.3 Å². The van der Waals surface area contributed by atoms with Crippen molar-refractivity contribution in [2.75, 3.05) is 5.73 Å². The Balaban J connectivity index is 1.74. The van der Waals surface area contributed by atoms with Crippen LogP contribution in [0, 0.1) is 6.92 Å². The number of rotatable bonds is 4. The lowest BCUT2D eigenvalue weighted by molar-refractivity contribution is -0.739. The highest BCUT2D eigenvalue weighted by Crippen LogP contribution is 2.41. The summed E-state index contributed by atoms with van der Waals surface area (Å²) in [6.45, 7) is 2.04. The molecule has 0 aliphatic rings. The second-order valence-corrected chi connectivity index (χ2v) is 8.44. The number of nitrogens with two attached hydrogens (primary N) is 1. The molecular weight excluding hydrogens is 422 g/mol. The zero-order valence-corrected chi connectivity index (χ0v) is 18.3. The summed E-state index contributed by atoms with van der Waals surface area (Å²) in [6.07, 6.45) is 1.52. The fourth-order valence-electron chi connectivity index (χ4n) is 3.51. The zero-order valence-electron chi connectivity index (χ0n) is 17.4. The first-order valence-electron chi connectivity index (χ1n) is 9.94. The number of nitrogens with zero attached hydrogens (tertiary/aromatic N) is 4. The van der Waals surface area contributed by atoms with Gasteiger partial charge >= 0.3 is 5.88 Å². The standard InChI is InChI=1S/C24H19N5O2S/c1-14-8-10-15(11-9-14)17-12-18(16-6-4-3-5-7-16)26-24-20(17)21(25)22(32-24)23(30)27-19-13-29(2)28-31-19/h3-13H,1-2H3,(H2-,25,27,28,30). The maximum atomic E-state index is 12.9. The van der Waals surface area contributed by atoms with Crippen molar-refractivity contribution in [1.29, 1.82) is 0 Å². The van der Waals surface area contributed by atoms with Crippen LogP contribution in [0.1, 0.15) is 10.4 Å². The molecule has 0 radical (unpaired) electrons. The van der Waals surface area contributed by atoms with Gasteiger partial charge in [-0.25, -0.2) is 9.98 Å². The van der Waals surface area contributed by atoms with Gasteiger partial charge in [0.1, 0.15) is 4.83 Å². The van der Waals surface area contributed by atoms with E-state index in [1.165, 1.54) is 22.2 Å². The number of thiophene rings is 1. The topological polar surface area (TPSA) is 104 Å². The van der Waals surface area contributed by atoms with Gasteiger partial charge in [0.2, 0.25) is 0 Å². The lowest BCUT2D eigenvalue weighted by Crippen LogP contribution is -2.27. The Kier molecular flexibility index (Phi) is 4.91. The summed E-state index contributed by atoms with van der Waals surface area (Å²) in [7, 11) is 1.68. The van der Waals surface area contributed by atoms with Crippen molar-refractivity contribution in [2.45, 2.75) is 6.92 Å². The van der Waals surface area contributed by atoms with Crippen molar-refractivity contribution in [2.24, 2.45) is 12.0 Å². The second kappa shape index (κ2) is 7.90. The molecule has 158 valence electrons. The highest BCUT2D eigenvalue weighted by molar-refractivity contribution is 7.21. The molecule has 3 heterocycles. The number of pyridine rings is 1. The normalized spacial score (nSPS) is 11.9. The van der Waals surface area contributed by atoms with Gasteiger partial charge in [0, 0.05) is 16.8 Å². The molecule has 0 saturated carbocycles. The van der Waals surface area contributed by atoms with Gasteiger partial charge in [0.15, 0.2) is 12.3 Å². The number of nitrogen functional groups attached to an aromatic ring is 1. The van der Waals surface area contributed by atoms with Gasteiger partial charge in [-0.3, -0.25) is 4.52 Å². The van der Waals surface area contributed by atoms with Gasteiger partial charge in [-0.2, -0.15) is 0 Å². The Hall–Kier alpha value is -4.04. The number of aliphatic imine (C=N–C) groups is 1. The number of fused-ring (bicyclic) bond motifs is 1. The molecule has 0 bridgehead atoms. The number of benzene rings is 2.